The minimum Gasteiger partial charge on any atom is -0.475 e. The molecule has 3 aromatic carbocycles. The molecule has 43 heavy (non-hydrogen) atoms. The van der Waals surface area contributed by atoms with Crippen molar-refractivity contribution in [2.45, 2.75) is 79.2 Å². The smallest absolute Gasteiger partial charge is 0.216 e. The molecule has 6 rings (SSSR count). The fourth-order valence-corrected chi connectivity index (χ4v) is 6.06. The first-order chi connectivity index (χ1) is 20.2. The number of hydrogen-bond acceptors (Lipinski definition) is 5. The van der Waals surface area contributed by atoms with Crippen molar-refractivity contribution in [2.75, 3.05) is 11.5 Å². The van der Waals surface area contributed by atoms with Gasteiger partial charge >= 0.3 is 0 Å². The van der Waals surface area contributed by atoms with Crippen LogP contribution < -0.4 is 9.64 Å². The van der Waals surface area contributed by atoms with Gasteiger partial charge in [-0.2, -0.15) is 0 Å². The number of rotatable bonds is 4. The second-order valence-electron chi connectivity index (χ2n) is 14.6. The number of para-hydroxylation sites is 1. The summed E-state index contributed by atoms with van der Waals surface area (Å²) in [4.78, 5) is 12.1. The van der Waals surface area contributed by atoms with Crippen LogP contribution in [0.1, 0.15) is 83.2 Å². The van der Waals surface area contributed by atoms with Crippen LogP contribution in [0.2, 0.25) is 0 Å². The first-order valence-electron chi connectivity index (χ1n) is 15.2. The third-order valence-electron chi connectivity index (χ3n) is 8.73. The third kappa shape index (κ3) is 5.42. The van der Waals surface area contributed by atoms with Crippen LogP contribution in [0.25, 0.3) is 0 Å². The van der Waals surface area contributed by atoms with Crippen LogP contribution in [-0.4, -0.2) is 23.5 Å². The van der Waals surface area contributed by atoms with Crippen molar-refractivity contribution in [3.63, 3.8) is 0 Å². The quantitative estimate of drug-likeness (QED) is 0.244. The number of aryl methyl sites for hydroxylation is 1. The molecule has 0 fully saturated rings. The lowest BCUT2D eigenvalue weighted by atomic mass is 9.73. The Labute approximate surface area is 256 Å². The van der Waals surface area contributed by atoms with Gasteiger partial charge in [0.05, 0.1) is 17.4 Å². The molecule has 0 radical (unpaired) electrons. The standard InChI is InChI=1S/C38H43N3O2/c1-24-18-25(35-40-33(23-42-35)37(5,6)7)20-28(19-24)43-27-14-15-30-32(22-27)41(31-13-11-10-12-29(31)38(30,8)9)34-21-26(16-17-39-34)36(2,3)4/h10-22,33H,23H2,1-9H3/t33-/m0/s1. The molecule has 1 atom stereocenters. The van der Waals surface area contributed by atoms with Gasteiger partial charge in [-0.1, -0.05) is 79.7 Å². The van der Waals surface area contributed by atoms with Gasteiger partial charge < -0.3 is 9.47 Å². The topological polar surface area (TPSA) is 47.0 Å². The molecule has 0 bridgehead atoms. The molecule has 2 aliphatic heterocycles. The Morgan fingerprint density at radius 3 is 2.30 bits per heavy atom. The maximum Gasteiger partial charge on any atom is 0.216 e. The van der Waals surface area contributed by atoms with Gasteiger partial charge in [-0.3, -0.25) is 4.90 Å². The van der Waals surface area contributed by atoms with E-state index in [1.54, 1.807) is 0 Å². The highest BCUT2D eigenvalue weighted by Gasteiger charge is 2.38. The van der Waals surface area contributed by atoms with Crippen LogP contribution in [0.15, 0.2) is 84.0 Å². The molecule has 0 N–H and O–H groups in total. The summed E-state index contributed by atoms with van der Waals surface area (Å²) in [6.45, 7) is 20.6. The lowest BCUT2D eigenvalue weighted by molar-refractivity contribution is 0.236. The van der Waals surface area contributed by atoms with Crippen molar-refractivity contribution in [3.05, 3.63) is 107 Å². The van der Waals surface area contributed by atoms with Gasteiger partial charge in [-0.25, -0.2) is 9.98 Å². The van der Waals surface area contributed by atoms with Gasteiger partial charge in [0, 0.05) is 23.2 Å². The maximum absolute atomic E-state index is 6.58. The van der Waals surface area contributed by atoms with Gasteiger partial charge in [0.15, 0.2) is 0 Å². The molecule has 4 aromatic rings. The highest BCUT2D eigenvalue weighted by Crippen LogP contribution is 2.52. The molecule has 0 amide bonds. The van der Waals surface area contributed by atoms with Crippen LogP contribution in [-0.2, 0) is 15.6 Å². The summed E-state index contributed by atoms with van der Waals surface area (Å²) >= 11 is 0. The highest BCUT2D eigenvalue weighted by molar-refractivity contribution is 5.96. The molecule has 0 aliphatic carbocycles. The molecule has 3 heterocycles. The molecular weight excluding hydrogens is 530 g/mol. The van der Waals surface area contributed by atoms with Crippen molar-refractivity contribution in [3.8, 4) is 11.5 Å². The summed E-state index contributed by atoms with van der Waals surface area (Å²) in [5.41, 5.74) is 7.85. The van der Waals surface area contributed by atoms with Crippen LogP contribution in [0.5, 0.6) is 11.5 Å². The lowest BCUT2D eigenvalue weighted by Gasteiger charge is -2.41. The Balaban J connectivity index is 1.42. The summed E-state index contributed by atoms with van der Waals surface area (Å²) < 4.78 is 12.6. The average molecular weight is 574 g/mol. The molecule has 5 heteroatoms. The van der Waals surface area contributed by atoms with Crippen LogP contribution in [0, 0.1) is 12.3 Å². The summed E-state index contributed by atoms with van der Waals surface area (Å²) in [6.07, 6.45) is 1.92. The van der Waals surface area contributed by atoms with E-state index >= 15 is 0 Å². The fraction of sp³-hybridized carbons (Fsp3) is 0.368. The number of hydrogen-bond donors (Lipinski definition) is 0. The summed E-state index contributed by atoms with van der Waals surface area (Å²) in [7, 11) is 0. The first-order valence-corrected chi connectivity index (χ1v) is 15.2. The predicted octanol–water partition coefficient (Wildman–Crippen LogP) is 9.78. The van der Waals surface area contributed by atoms with Gasteiger partial charge in [-0.05, 0) is 82.5 Å². The fourth-order valence-electron chi connectivity index (χ4n) is 6.06. The Hall–Kier alpha value is -4.12. The number of aliphatic imine (C=N–C) groups is 1. The Morgan fingerprint density at radius 2 is 1.58 bits per heavy atom. The van der Waals surface area contributed by atoms with Crippen molar-refractivity contribution in [1.29, 1.82) is 0 Å². The number of anilines is 3. The van der Waals surface area contributed by atoms with Crippen molar-refractivity contribution < 1.29 is 9.47 Å². The van der Waals surface area contributed by atoms with Gasteiger partial charge in [0.2, 0.25) is 5.90 Å². The maximum atomic E-state index is 6.58. The monoisotopic (exact) mass is 573 g/mol. The second kappa shape index (κ2) is 10.3. The molecule has 2 aliphatic rings. The molecule has 5 nitrogen and oxygen atoms in total. The van der Waals surface area contributed by atoms with Crippen molar-refractivity contribution in [2.24, 2.45) is 10.4 Å². The lowest BCUT2D eigenvalue weighted by Crippen LogP contribution is -2.31. The largest absolute Gasteiger partial charge is 0.475 e. The zero-order chi connectivity index (χ0) is 30.7. The first kappa shape index (κ1) is 29.0. The van der Waals surface area contributed by atoms with Crippen LogP contribution >= 0.6 is 0 Å². The van der Waals surface area contributed by atoms with E-state index in [1.807, 2.05) is 12.3 Å². The molecule has 222 valence electrons. The minimum absolute atomic E-state index is 0.00313. The van der Waals surface area contributed by atoms with E-state index in [9.17, 15) is 0 Å². The molecule has 0 spiro atoms. The predicted molar refractivity (Wildman–Crippen MR) is 177 cm³/mol. The number of benzene rings is 3. The van der Waals surface area contributed by atoms with E-state index in [0.29, 0.717) is 12.5 Å². The molecule has 0 unspecified atom stereocenters. The number of ether oxygens (including phenoxy) is 2. The van der Waals surface area contributed by atoms with E-state index in [0.717, 1.165) is 39.8 Å². The molecule has 1 aromatic heterocycles. The number of pyridine rings is 1. The minimum atomic E-state index is -0.194. The number of aromatic nitrogens is 1. The van der Waals surface area contributed by atoms with E-state index < -0.39 is 0 Å². The Kier molecular flexibility index (Phi) is 6.91. The van der Waals surface area contributed by atoms with E-state index in [2.05, 4.69) is 134 Å². The van der Waals surface area contributed by atoms with Crippen LogP contribution in [0.3, 0.4) is 0 Å². The highest BCUT2D eigenvalue weighted by atomic mass is 16.5. The van der Waals surface area contributed by atoms with Crippen molar-refractivity contribution in [1.82, 2.24) is 4.98 Å². The number of nitrogens with zero attached hydrogens (tertiary/aromatic N) is 3. The van der Waals surface area contributed by atoms with Gasteiger partial charge in [-0.15, -0.1) is 0 Å². The zero-order valence-electron chi connectivity index (χ0n) is 26.9. The SMILES string of the molecule is Cc1cc(Oc2ccc3c(c2)N(c2cc(C(C)(C)C)ccn2)c2ccccc2C3(C)C)cc(C2=N[C@H](C(C)(C)C)CO2)c1. The van der Waals surface area contributed by atoms with Gasteiger partial charge in [0.25, 0.3) is 0 Å². The summed E-state index contributed by atoms with van der Waals surface area (Å²) in [6, 6.07) is 25.7. The second-order valence-corrected chi connectivity index (χ2v) is 14.6. The Bertz CT molecular complexity index is 1720. The summed E-state index contributed by atoms with van der Waals surface area (Å²) in [5, 5.41) is 0. The van der Waals surface area contributed by atoms with E-state index in [1.165, 1.54) is 16.7 Å². The number of fused-ring (bicyclic) bond motifs is 2. The van der Waals surface area contributed by atoms with E-state index in [4.69, 9.17) is 19.5 Å². The average Bonchev–Trinajstić information content (AvgIpc) is 3.44. The zero-order valence-corrected chi connectivity index (χ0v) is 26.9. The normalized spacial score (nSPS) is 17.6. The third-order valence-corrected chi connectivity index (χ3v) is 8.73. The summed E-state index contributed by atoms with van der Waals surface area (Å²) in [5.74, 6) is 3.12. The molecule has 0 saturated carbocycles. The molecule has 0 saturated heterocycles. The van der Waals surface area contributed by atoms with Crippen LogP contribution in [0.4, 0.5) is 17.2 Å². The molecular formula is C38H43N3O2. The van der Waals surface area contributed by atoms with Gasteiger partial charge in [0.1, 0.15) is 23.9 Å². The Morgan fingerprint density at radius 1 is 0.837 bits per heavy atom. The van der Waals surface area contributed by atoms with Crippen molar-refractivity contribution >= 4 is 23.1 Å². The van der Waals surface area contributed by atoms with E-state index in [-0.39, 0.29) is 22.3 Å².